The molecule has 27 heavy (non-hydrogen) atoms. The highest BCUT2D eigenvalue weighted by Gasteiger charge is 2.15. The first kappa shape index (κ1) is 19.2. The Morgan fingerprint density at radius 1 is 0.963 bits per heavy atom. The predicted octanol–water partition coefficient (Wildman–Crippen LogP) is 6.50. The van der Waals surface area contributed by atoms with E-state index in [0.717, 1.165) is 10.5 Å². The molecule has 0 bridgehead atoms. The van der Waals surface area contributed by atoms with Gasteiger partial charge in [0.15, 0.2) is 5.78 Å². The van der Waals surface area contributed by atoms with E-state index >= 15 is 0 Å². The Morgan fingerprint density at radius 3 is 2.19 bits per heavy atom. The monoisotopic (exact) mass is 398 g/mol. The van der Waals surface area contributed by atoms with Gasteiger partial charge in [-0.25, -0.2) is 4.39 Å². The van der Waals surface area contributed by atoms with Crippen molar-refractivity contribution in [1.82, 2.24) is 0 Å². The van der Waals surface area contributed by atoms with Crippen LogP contribution in [0.25, 0.3) is 6.08 Å². The molecule has 2 nitrogen and oxygen atoms in total. The van der Waals surface area contributed by atoms with Crippen LogP contribution in [-0.4, -0.2) is 12.9 Å². The van der Waals surface area contributed by atoms with Crippen molar-refractivity contribution in [3.63, 3.8) is 0 Å². The maximum absolute atomic E-state index is 13.2. The highest BCUT2D eigenvalue weighted by molar-refractivity contribution is 8.04. The van der Waals surface area contributed by atoms with Crippen molar-refractivity contribution >= 4 is 35.2 Å². The van der Waals surface area contributed by atoms with Crippen LogP contribution in [0, 0.1) is 5.82 Å². The number of ketones is 1. The van der Waals surface area contributed by atoms with Gasteiger partial charge in [0, 0.05) is 15.5 Å². The van der Waals surface area contributed by atoms with Gasteiger partial charge in [-0.05, 0) is 72.3 Å². The fourth-order valence-corrected chi connectivity index (χ4v) is 3.42. The molecule has 136 valence electrons. The third-order valence-electron chi connectivity index (χ3n) is 3.79. The van der Waals surface area contributed by atoms with E-state index in [9.17, 15) is 9.18 Å². The predicted molar refractivity (Wildman–Crippen MR) is 109 cm³/mol. The van der Waals surface area contributed by atoms with E-state index < -0.39 is 0 Å². The van der Waals surface area contributed by atoms with Crippen molar-refractivity contribution in [2.45, 2.75) is 4.90 Å². The molecule has 0 unspecified atom stereocenters. The summed E-state index contributed by atoms with van der Waals surface area (Å²) in [6.07, 6.45) is 1.80. The van der Waals surface area contributed by atoms with E-state index in [4.69, 9.17) is 16.3 Å². The van der Waals surface area contributed by atoms with Crippen molar-refractivity contribution in [3.05, 3.63) is 99.7 Å². The maximum atomic E-state index is 13.2. The summed E-state index contributed by atoms with van der Waals surface area (Å²) in [5.41, 5.74) is 1.40. The molecule has 0 atom stereocenters. The molecule has 0 N–H and O–H groups in total. The molecule has 5 heteroatoms. The zero-order chi connectivity index (χ0) is 19.2. The fraction of sp³-hybridized carbons (Fsp3) is 0.0455. The summed E-state index contributed by atoms with van der Waals surface area (Å²) in [5, 5.41) is 0.626. The minimum Gasteiger partial charge on any atom is -0.497 e. The Hall–Kier alpha value is -2.56. The van der Waals surface area contributed by atoms with Crippen molar-refractivity contribution in [3.8, 4) is 5.75 Å². The molecule has 0 aromatic heterocycles. The van der Waals surface area contributed by atoms with Crippen LogP contribution in [0.5, 0.6) is 5.75 Å². The smallest absolute Gasteiger partial charge is 0.199 e. The first-order valence-corrected chi connectivity index (χ1v) is 9.34. The second kappa shape index (κ2) is 8.89. The third kappa shape index (κ3) is 5.22. The topological polar surface area (TPSA) is 26.3 Å². The summed E-state index contributed by atoms with van der Waals surface area (Å²) in [5.74, 6) is 0.243. The summed E-state index contributed by atoms with van der Waals surface area (Å²) in [4.78, 5) is 14.4. The largest absolute Gasteiger partial charge is 0.497 e. The van der Waals surface area contributed by atoms with Gasteiger partial charge in [0.2, 0.25) is 0 Å². The molecule has 0 aliphatic rings. The minimum absolute atomic E-state index is 0.123. The lowest BCUT2D eigenvalue weighted by molar-refractivity contribution is 0.104. The molecular weight excluding hydrogens is 383 g/mol. The SMILES string of the molecule is COc1ccc(C(=O)/C(=C\c2ccc(Cl)cc2)Sc2ccc(F)cc2)cc1. The highest BCUT2D eigenvalue weighted by Crippen LogP contribution is 2.31. The minimum atomic E-state index is -0.316. The number of hydrogen-bond acceptors (Lipinski definition) is 3. The summed E-state index contributed by atoms with van der Waals surface area (Å²) < 4.78 is 18.3. The van der Waals surface area contributed by atoms with Crippen LogP contribution < -0.4 is 4.74 Å². The second-order valence-electron chi connectivity index (χ2n) is 5.67. The molecule has 0 radical (unpaired) electrons. The van der Waals surface area contributed by atoms with Crippen molar-refractivity contribution < 1.29 is 13.9 Å². The zero-order valence-corrected chi connectivity index (χ0v) is 16.1. The summed E-state index contributed by atoms with van der Waals surface area (Å²) in [6, 6.07) is 20.2. The van der Waals surface area contributed by atoms with Gasteiger partial charge in [-0.1, -0.05) is 35.5 Å². The molecule has 3 aromatic carbocycles. The maximum Gasteiger partial charge on any atom is 0.199 e. The van der Waals surface area contributed by atoms with Gasteiger partial charge in [-0.15, -0.1) is 0 Å². The van der Waals surface area contributed by atoms with Crippen LogP contribution in [0.4, 0.5) is 4.39 Å². The standard InChI is InChI=1S/C22H16ClFO2S/c1-26-19-10-4-16(5-11-19)22(25)21(14-15-2-6-17(23)7-3-15)27-20-12-8-18(24)9-13-20/h2-14H,1H3/b21-14+. The second-order valence-corrected chi connectivity index (χ2v) is 7.23. The number of thioether (sulfide) groups is 1. The number of ether oxygens (including phenoxy) is 1. The zero-order valence-electron chi connectivity index (χ0n) is 14.5. The molecule has 0 spiro atoms. The molecule has 0 aliphatic carbocycles. The lowest BCUT2D eigenvalue weighted by Crippen LogP contribution is -2.01. The van der Waals surface area contributed by atoms with Gasteiger partial charge in [0.05, 0.1) is 12.0 Å². The van der Waals surface area contributed by atoms with E-state index in [-0.39, 0.29) is 11.6 Å². The quantitative estimate of drug-likeness (QED) is 0.269. The molecule has 0 amide bonds. The first-order valence-electron chi connectivity index (χ1n) is 8.14. The van der Waals surface area contributed by atoms with Gasteiger partial charge in [0.1, 0.15) is 11.6 Å². The number of rotatable bonds is 6. The number of methoxy groups -OCH3 is 1. The molecule has 0 heterocycles. The summed E-state index contributed by atoms with van der Waals surface area (Å²) >= 11 is 7.23. The molecule has 0 aliphatic heterocycles. The first-order chi connectivity index (χ1) is 13.0. The number of Topliss-reactive ketones (excluding diaryl/α,β-unsaturated/α-hetero) is 1. The number of halogens is 2. The number of carbonyl (C=O) groups is 1. The van der Waals surface area contributed by atoms with Gasteiger partial charge < -0.3 is 4.74 Å². The Labute approximate surface area is 166 Å². The Balaban J connectivity index is 1.95. The van der Waals surface area contributed by atoms with Gasteiger partial charge in [-0.3, -0.25) is 4.79 Å². The van der Waals surface area contributed by atoms with Crippen molar-refractivity contribution in [2.75, 3.05) is 7.11 Å². The molecule has 3 rings (SSSR count). The molecule has 0 saturated heterocycles. The fourth-order valence-electron chi connectivity index (χ4n) is 2.37. The van der Waals surface area contributed by atoms with Crippen LogP contribution >= 0.6 is 23.4 Å². The van der Waals surface area contributed by atoms with E-state index in [1.165, 1.54) is 23.9 Å². The summed E-state index contributed by atoms with van der Waals surface area (Å²) in [6.45, 7) is 0. The van der Waals surface area contributed by atoms with Gasteiger partial charge in [0.25, 0.3) is 0 Å². The van der Waals surface area contributed by atoms with Crippen LogP contribution in [-0.2, 0) is 0 Å². The number of carbonyl (C=O) groups excluding carboxylic acids is 1. The van der Waals surface area contributed by atoms with Crippen LogP contribution in [0.15, 0.2) is 82.6 Å². The number of hydrogen-bond donors (Lipinski definition) is 0. The normalized spacial score (nSPS) is 11.3. The van der Waals surface area contributed by atoms with Crippen LogP contribution in [0.1, 0.15) is 15.9 Å². The summed E-state index contributed by atoms with van der Waals surface area (Å²) in [7, 11) is 1.58. The average Bonchev–Trinajstić information content (AvgIpc) is 2.70. The van der Waals surface area contributed by atoms with Crippen molar-refractivity contribution in [1.29, 1.82) is 0 Å². The third-order valence-corrected chi connectivity index (χ3v) is 5.07. The Bertz CT molecular complexity index is 949. The van der Waals surface area contributed by atoms with E-state index in [2.05, 4.69) is 0 Å². The Kier molecular flexibility index (Phi) is 6.32. The average molecular weight is 399 g/mol. The lowest BCUT2D eigenvalue weighted by Gasteiger charge is -2.08. The van der Waals surface area contributed by atoms with E-state index in [1.54, 1.807) is 61.7 Å². The van der Waals surface area contributed by atoms with Gasteiger partial charge in [-0.2, -0.15) is 0 Å². The van der Waals surface area contributed by atoms with E-state index in [1.807, 2.05) is 12.1 Å². The number of allylic oxidation sites excluding steroid dienone is 1. The highest BCUT2D eigenvalue weighted by atomic mass is 35.5. The van der Waals surface area contributed by atoms with Crippen LogP contribution in [0.2, 0.25) is 5.02 Å². The Morgan fingerprint density at radius 2 is 1.59 bits per heavy atom. The van der Waals surface area contributed by atoms with Gasteiger partial charge >= 0.3 is 0 Å². The van der Waals surface area contributed by atoms with Crippen LogP contribution in [0.3, 0.4) is 0 Å². The molecule has 0 saturated carbocycles. The number of benzene rings is 3. The lowest BCUT2D eigenvalue weighted by atomic mass is 10.1. The van der Waals surface area contributed by atoms with Crippen molar-refractivity contribution in [2.24, 2.45) is 0 Å². The molecule has 0 fully saturated rings. The molecule has 3 aromatic rings. The van der Waals surface area contributed by atoms with E-state index in [0.29, 0.717) is 21.2 Å². The molecular formula is C22H16ClFO2S.